The van der Waals surface area contributed by atoms with Gasteiger partial charge in [-0.1, -0.05) is 13.8 Å². The van der Waals surface area contributed by atoms with Gasteiger partial charge in [-0.05, 0) is 36.1 Å². The number of carboxylic acid groups (broad SMARTS) is 1. The van der Waals surface area contributed by atoms with Crippen LogP contribution in [0, 0.1) is 17.2 Å². The van der Waals surface area contributed by atoms with Crippen molar-refractivity contribution >= 4 is 30.7 Å². The molecule has 0 spiro atoms. The van der Waals surface area contributed by atoms with Gasteiger partial charge in [-0.3, -0.25) is 9.59 Å². The number of halogens is 1. The Balaban J connectivity index is 0.00000220. The maximum atomic E-state index is 12.9. The van der Waals surface area contributed by atoms with Gasteiger partial charge in [-0.2, -0.15) is 0 Å². The Morgan fingerprint density at radius 1 is 1.29 bits per heavy atom. The molecule has 1 aromatic carbocycles. The van der Waals surface area contributed by atoms with Crippen LogP contribution in [0.15, 0.2) is 24.3 Å². The molecule has 4 nitrogen and oxygen atoms in total. The maximum absolute atomic E-state index is 12.9. The summed E-state index contributed by atoms with van der Waals surface area (Å²) in [6.45, 7) is 4.61. The summed E-state index contributed by atoms with van der Waals surface area (Å²) in [6, 6.07) is 5.32. The third kappa shape index (κ3) is 4.32. The summed E-state index contributed by atoms with van der Waals surface area (Å²) in [5, 5.41) is 9.19. The van der Waals surface area contributed by atoms with Crippen molar-refractivity contribution in [3.05, 3.63) is 35.6 Å². The van der Waals surface area contributed by atoms with Gasteiger partial charge in [0.1, 0.15) is 5.82 Å². The molecule has 2 rings (SSSR count). The Morgan fingerprint density at radius 3 is 2.38 bits per heavy atom. The summed E-state index contributed by atoms with van der Waals surface area (Å²) >= 11 is 0. The van der Waals surface area contributed by atoms with Crippen molar-refractivity contribution in [1.29, 1.82) is 0 Å². The minimum atomic E-state index is -0.880. The molecular weight excluding hydrogens is 268 g/mol. The Labute approximate surface area is 135 Å². The number of likely N-dealkylation sites (tertiary alicyclic amines) is 1. The molecule has 110 valence electrons. The van der Waals surface area contributed by atoms with Crippen LogP contribution in [-0.2, 0) is 4.79 Å². The van der Waals surface area contributed by atoms with Crippen LogP contribution in [0.1, 0.15) is 30.6 Å². The van der Waals surface area contributed by atoms with Gasteiger partial charge in [0.05, 0.1) is 5.92 Å². The second kappa shape index (κ2) is 6.63. The molecule has 1 heterocycles. The Kier molecular flexibility index (Phi) is 5.60. The van der Waals surface area contributed by atoms with Crippen LogP contribution in [0.5, 0.6) is 0 Å². The second-order valence-electron chi connectivity index (χ2n) is 6.10. The third-order valence-electron chi connectivity index (χ3n) is 3.59. The van der Waals surface area contributed by atoms with Crippen molar-refractivity contribution < 1.29 is 19.1 Å². The van der Waals surface area contributed by atoms with Crippen molar-refractivity contribution in [3.8, 4) is 0 Å². The number of rotatable bonds is 2. The van der Waals surface area contributed by atoms with Crippen molar-refractivity contribution in [3.63, 3.8) is 0 Å². The summed E-state index contributed by atoms with van der Waals surface area (Å²) in [5.74, 6) is -2.08. The third-order valence-corrected chi connectivity index (χ3v) is 3.59. The average Bonchev–Trinajstić information content (AvgIpc) is 2.37. The standard InChI is InChI=1S/C15H18FNO3.Li.H/c1-15(2)7-11(14(19)20)8-17(9-15)13(18)10-3-5-12(16)6-4-10;;/h3-6,11H,7-9H2,1-2H3,(H,19,20);;. The number of carbonyl (C=O) groups is 2. The molecule has 1 fully saturated rings. The number of hydrogen-bond acceptors (Lipinski definition) is 2. The number of amides is 1. The van der Waals surface area contributed by atoms with Gasteiger partial charge in [0.2, 0.25) is 0 Å². The molecule has 1 aliphatic heterocycles. The molecule has 1 aliphatic rings. The van der Waals surface area contributed by atoms with Crippen LogP contribution in [-0.4, -0.2) is 53.8 Å². The number of carboxylic acids is 1. The molecule has 0 aliphatic carbocycles. The van der Waals surface area contributed by atoms with Crippen molar-refractivity contribution in [1.82, 2.24) is 4.90 Å². The SMILES string of the molecule is CC1(C)CC(C(=O)O)CN(C(=O)c2ccc(F)cc2)C1.[LiH]. The van der Waals surface area contributed by atoms with E-state index in [0.29, 0.717) is 18.5 Å². The first kappa shape index (κ1) is 17.7. The number of aliphatic carboxylic acids is 1. The van der Waals surface area contributed by atoms with Crippen LogP contribution < -0.4 is 0 Å². The summed E-state index contributed by atoms with van der Waals surface area (Å²) < 4.78 is 12.9. The molecule has 21 heavy (non-hydrogen) atoms. The fourth-order valence-electron chi connectivity index (χ4n) is 2.74. The molecular formula is C15H19FLiNO3. The monoisotopic (exact) mass is 287 g/mol. The van der Waals surface area contributed by atoms with Crippen molar-refractivity contribution in [2.45, 2.75) is 20.3 Å². The Bertz CT molecular complexity index is 530. The van der Waals surface area contributed by atoms with Crippen LogP contribution >= 0.6 is 0 Å². The number of benzene rings is 1. The fraction of sp³-hybridized carbons (Fsp3) is 0.467. The molecule has 0 aromatic heterocycles. The molecule has 0 radical (unpaired) electrons. The molecule has 0 bridgehead atoms. The molecule has 6 heteroatoms. The molecule has 1 unspecified atom stereocenters. The first-order chi connectivity index (χ1) is 9.28. The zero-order valence-electron chi connectivity index (χ0n) is 11.6. The summed E-state index contributed by atoms with van der Waals surface area (Å²) in [4.78, 5) is 25.1. The van der Waals surface area contributed by atoms with E-state index in [1.165, 1.54) is 24.3 Å². The molecule has 1 atom stereocenters. The number of nitrogens with zero attached hydrogens (tertiary/aromatic N) is 1. The quantitative estimate of drug-likeness (QED) is 0.843. The topological polar surface area (TPSA) is 57.6 Å². The van der Waals surface area contributed by atoms with Gasteiger partial charge in [0, 0.05) is 18.7 Å². The number of hydrogen-bond donors (Lipinski definition) is 1. The molecule has 1 saturated heterocycles. The summed E-state index contributed by atoms with van der Waals surface area (Å²) in [6.07, 6.45) is 0.551. The molecule has 1 aromatic rings. The zero-order chi connectivity index (χ0) is 14.9. The van der Waals surface area contributed by atoms with Gasteiger partial charge < -0.3 is 10.0 Å². The van der Waals surface area contributed by atoms with E-state index in [-0.39, 0.29) is 36.7 Å². The summed E-state index contributed by atoms with van der Waals surface area (Å²) in [7, 11) is 0. The number of piperidine rings is 1. The first-order valence-corrected chi connectivity index (χ1v) is 6.56. The van der Waals surface area contributed by atoms with Crippen LogP contribution in [0.3, 0.4) is 0 Å². The Hall–Kier alpha value is -1.31. The first-order valence-electron chi connectivity index (χ1n) is 6.56. The van der Waals surface area contributed by atoms with E-state index in [9.17, 15) is 19.1 Å². The van der Waals surface area contributed by atoms with Gasteiger partial charge in [-0.15, -0.1) is 0 Å². The predicted octanol–water partition coefficient (Wildman–Crippen LogP) is 1.75. The second-order valence-corrected chi connectivity index (χ2v) is 6.10. The van der Waals surface area contributed by atoms with Gasteiger partial charge in [0.15, 0.2) is 0 Å². The van der Waals surface area contributed by atoms with E-state index in [1.54, 1.807) is 4.90 Å². The zero-order valence-corrected chi connectivity index (χ0v) is 11.6. The molecule has 1 N–H and O–H groups in total. The van der Waals surface area contributed by atoms with Crippen molar-refractivity contribution in [2.75, 3.05) is 13.1 Å². The van der Waals surface area contributed by atoms with Crippen LogP contribution in [0.4, 0.5) is 4.39 Å². The van der Waals surface area contributed by atoms with Crippen LogP contribution in [0.2, 0.25) is 0 Å². The number of carbonyl (C=O) groups excluding carboxylic acids is 1. The normalized spacial score (nSPS) is 20.5. The summed E-state index contributed by atoms with van der Waals surface area (Å²) in [5.41, 5.74) is 0.144. The van der Waals surface area contributed by atoms with Crippen molar-refractivity contribution in [2.24, 2.45) is 11.3 Å². The van der Waals surface area contributed by atoms with E-state index in [4.69, 9.17) is 0 Å². The van der Waals surface area contributed by atoms with E-state index in [2.05, 4.69) is 0 Å². The van der Waals surface area contributed by atoms with E-state index >= 15 is 0 Å². The van der Waals surface area contributed by atoms with E-state index in [1.807, 2.05) is 13.8 Å². The van der Waals surface area contributed by atoms with Gasteiger partial charge >= 0.3 is 24.8 Å². The van der Waals surface area contributed by atoms with Gasteiger partial charge in [0.25, 0.3) is 5.91 Å². The molecule has 0 saturated carbocycles. The molecule has 1 amide bonds. The fourth-order valence-corrected chi connectivity index (χ4v) is 2.74. The van der Waals surface area contributed by atoms with E-state index < -0.39 is 17.7 Å². The van der Waals surface area contributed by atoms with Crippen LogP contribution in [0.25, 0.3) is 0 Å². The average molecular weight is 287 g/mol. The van der Waals surface area contributed by atoms with Gasteiger partial charge in [-0.25, -0.2) is 4.39 Å². The minimum absolute atomic E-state index is 0. The predicted molar refractivity (Wildman–Crippen MR) is 79.0 cm³/mol. The van der Waals surface area contributed by atoms with E-state index in [0.717, 1.165) is 0 Å². The Morgan fingerprint density at radius 2 is 1.86 bits per heavy atom.